The van der Waals surface area contributed by atoms with Crippen LogP contribution in [0.25, 0.3) is 0 Å². The summed E-state index contributed by atoms with van der Waals surface area (Å²) in [6, 6.07) is 18.0. The summed E-state index contributed by atoms with van der Waals surface area (Å²) in [5.41, 5.74) is 3.14. The molecule has 2 aromatic carbocycles. The number of methoxy groups -OCH3 is 1. The highest BCUT2D eigenvalue weighted by Crippen LogP contribution is 2.14. The van der Waals surface area contributed by atoms with Crippen molar-refractivity contribution in [3.63, 3.8) is 0 Å². The molecule has 0 unspecified atom stereocenters. The Morgan fingerprint density at radius 1 is 0.947 bits per heavy atom. The maximum Gasteiger partial charge on any atom is 0.118 e. The van der Waals surface area contributed by atoms with E-state index in [9.17, 15) is 0 Å². The molecule has 0 radical (unpaired) electrons. The molecule has 98 valence electrons. The van der Waals surface area contributed by atoms with Crippen LogP contribution in [0, 0.1) is 0 Å². The molecular weight excluding hydrogens is 238 g/mol. The highest BCUT2D eigenvalue weighted by Gasteiger charge is 2.06. The smallest absolute Gasteiger partial charge is 0.118 e. The molecule has 3 heteroatoms. The molecular formula is C16H17NO2. The first-order chi connectivity index (χ1) is 9.33. The average Bonchev–Trinajstić information content (AvgIpc) is 2.48. The Bertz CT molecular complexity index is 532. The second kappa shape index (κ2) is 6.59. The number of benzene rings is 2. The predicted molar refractivity (Wildman–Crippen MR) is 76.7 cm³/mol. The first-order valence-electron chi connectivity index (χ1n) is 6.12. The molecule has 0 fully saturated rings. The fourth-order valence-corrected chi connectivity index (χ4v) is 1.87. The number of ether oxygens (including phenoxy) is 1. The van der Waals surface area contributed by atoms with Crippen LogP contribution in [0.3, 0.4) is 0 Å². The van der Waals surface area contributed by atoms with Crippen LogP contribution >= 0.6 is 0 Å². The molecule has 2 aromatic rings. The van der Waals surface area contributed by atoms with Gasteiger partial charge in [-0.25, -0.2) is 0 Å². The molecule has 0 atom stereocenters. The van der Waals surface area contributed by atoms with Crippen molar-refractivity contribution in [2.75, 3.05) is 14.2 Å². The maximum atomic E-state index is 5.16. The van der Waals surface area contributed by atoms with Crippen LogP contribution in [0.15, 0.2) is 59.8 Å². The van der Waals surface area contributed by atoms with Gasteiger partial charge in [-0.1, -0.05) is 35.5 Å². The van der Waals surface area contributed by atoms with E-state index in [0.29, 0.717) is 0 Å². The minimum atomic E-state index is 0.737. The molecule has 2 rings (SSSR count). The van der Waals surface area contributed by atoms with Gasteiger partial charge < -0.3 is 9.57 Å². The van der Waals surface area contributed by atoms with E-state index < -0.39 is 0 Å². The largest absolute Gasteiger partial charge is 0.497 e. The van der Waals surface area contributed by atoms with Crippen molar-refractivity contribution in [3.8, 4) is 5.75 Å². The van der Waals surface area contributed by atoms with E-state index in [1.54, 1.807) is 14.2 Å². The van der Waals surface area contributed by atoms with E-state index in [2.05, 4.69) is 17.3 Å². The average molecular weight is 255 g/mol. The second-order valence-corrected chi connectivity index (χ2v) is 4.11. The lowest BCUT2D eigenvalue weighted by Gasteiger charge is -2.07. The summed E-state index contributed by atoms with van der Waals surface area (Å²) in [5, 5.41) is 4.12. The van der Waals surface area contributed by atoms with Gasteiger partial charge in [0, 0.05) is 6.42 Å². The zero-order valence-corrected chi connectivity index (χ0v) is 11.2. The lowest BCUT2D eigenvalue weighted by Crippen LogP contribution is -2.06. The molecule has 0 saturated carbocycles. The van der Waals surface area contributed by atoms with Crippen LogP contribution in [-0.4, -0.2) is 19.9 Å². The van der Waals surface area contributed by atoms with Crippen LogP contribution in [0.5, 0.6) is 5.75 Å². The zero-order valence-electron chi connectivity index (χ0n) is 11.2. The highest BCUT2D eigenvalue weighted by molar-refractivity contribution is 6.01. The zero-order chi connectivity index (χ0) is 13.5. The summed E-state index contributed by atoms with van der Waals surface area (Å²) in [6.07, 6.45) is 0.737. The summed E-state index contributed by atoms with van der Waals surface area (Å²) in [7, 11) is 3.22. The fraction of sp³-hybridized carbons (Fsp3) is 0.188. The third-order valence-corrected chi connectivity index (χ3v) is 2.84. The summed E-state index contributed by atoms with van der Waals surface area (Å²) < 4.78 is 5.16. The van der Waals surface area contributed by atoms with E-state index in [1.165, 1.54) is 5.56 Å². The van der Waals surface area contributed by atoms with Crippen molar-refractivity contribution in [3.05, 3.63) is 65.7 Å². The molecule has 3 nitrogen and oxygen atoms in total. The Morgan fingerprint density at radius 3 is 2.21 bits per heavy atom. The van der Waals surface area contributed by atoms with Crippen LogP contribution in [0.1, 0.15) is 11.1 Å². The van der Waals surface area contributed by atoms with Crippen LogP contribution in [-0.2, 0) is 11.3 Å². The predicted octanol–water partition coefficient (Wildman–Crippen LogP) is 3.29. The number of nitrogens with zero attached hydrogens (tertiary/aromatic N) is 1. The molecule has 0 N–H and O–H groups in total. The van der Waals surface area contributed by atoms with Crippen molar-refractivity contribution >= 4 is 5.71 Å². The van der Waals surface area contributed by atoms with Gasteiger partial charge in [0.15, 0.2) is 0 Å². The Morgan fingerprint density at radius 2 is 1.63 bits per heavy atom. The van der Waals surface area contributed by atoms with Crippen molar-refractivity contribution in [2.45, 2.75) is 6.42 Å². The van der Waals surface area contributed by atoms with Crippen LogP contribution in [0.2, 0.25) is 0 Å². The molecule has 0 amide bonds. The second-order valence-electron chi connectivity index (χ2n) is 4.11. The molecule has 0 aromatic heterocycles. The van der Waals surface area contributed by atoms with Crippen molar-refractivity contribution in [1.82, 2.24) is 0 Å². The van der Waals surface area contributed by atoms with Crippen molar-refractivity contribution < 1.29 is 9.57 Å². The minimum absolute atomic E-state index is 0.737. The van der Waals surface area contributed by atoms with E-state index in [1.807, 2.05) is 42.5 Å². The fourth-order valence-electron chi connectivity index (χ4n) is 1.87. The first kappa shape index (κ1) is 13.1. The monoisotopic (exact) mass is 255 g/mol. The van der Waals surface area contributed by atoms with Gasteiger partial charge >= 0.3 is 0 Å². The van der Waals surface area contributed by atoms with Gasteiger partial charge in [0.2, 0.25) is 0 Å². The first-order valence-corrected chi connectivity index (χ1v) is 6.12. The van der Waals surface area contributed by atoms with Gasteiger partial charge in [0.1, 0.15) is 12.9 Å². The van der Waals surface area contributed by atoms with Gasteiger partial charge in [-0.2, -0.15) is 0 Å². The summed E-state index contributed by atoms with van der Waals surface area (Å²) in [5.74, 6) is 0.834. The van der Waals surface area contributed by atoms with E-state index >= 15 is 0 Å². The number of hydrogen-bond donors (Lipinski definition) is 0. The van der Waals surface area contributed by atoms with Gasteiger partial charge in [0.05, 0.1) is 12.8 Å². The van der Waals surface area contributed by atoms with Crippen LogP contribution < -0.4 is 4.74 Å². The third-order valence-electron chi connectivity index (χ3n) is 2.84. The third kappa shape index (κ3) is 3.58. The summed E-state index contributed by atoms with van der Waals surface area (Å²) >= 11 is 0. The number of rotatable bonds is 5. The van der Waals surface area contributed by atoms with E-state index in [-0.39, 0.29) is 0 Å². The maximum absolute atomic E-state index is 5.16. The molecule has 0 spiro atoms. The standard InChI is InChI=1S/C16H17NO2/c1-18-15-10-8-14(9-11-15)16(17-19-2)12-13-6-4-3-5-7-13/h3-11H,12H2,1-2H3. The molecule has 0 bridgehead atoms. The Balaban J connectivity index is 2.22. The number of hydrogen-bond acceptors (Lipinski definition) is 3. The normalized spacial score (nSPS) is 11.2. The van der Waals surface area contributed by atoms with E-state index in [0.717, 1.165) is 23.4 Å². The highest BCUT2D eigenvalue weighted by atomic mass is 16.6. The van der Waals surface area contributed by atoms with Gasteiger partial charge in [-0.05, 0) is 35.4 Å². The Kier molecular flexibility index (Phi) is 4.56. The number of oxime groups is 1. The Labute approximate surface area is 113 Å². The molecule has 0 aliphatic rings. The van der Waals surface area contributed by atoms with Crippen molar-refractivity contribution in [1.29, 1.82) is 0 Å². The van der Waals surface area contributed by atoms with Crippen molar-refractivity contribution in [2.24, 2.45) is 5.16 Å². The van der Waals surface area contributed by atoms with Gasteiger partial charge in [0.25, 0.3) is 0 Å². The molecule has 19 heavy (non-hydrogen) atoms. The minimum Gasteiger partial charge on any atom is -0.497 e. The molecule has 0 saturated heterocycles. The lowest BCUT2D eigenvalue weighted by molar-refractivity contribution is 0.213. The van der Waals surface area contributed by atoms with Crippen LogP contribution in [0.4, 0.5) is 0 Å². The Hall–Kier alpha value is -2.29. The summed E-state index contributed by atoms with van der Waals surface area (Å²) in [4.78, 5) is 4.94. The molecule has 0 aliphatic heterocycles. The van der Waals surface area contributed by atoms with Gasteiger partial charge in [-0.15, -0.1) is 0 Å². The lowest BCUT2D eigenvalue weighted by atomic mass is 10.0. The molecule has 0 heterocycles. The quantitative estimate of drug-likeness (QED) is 0.606. The topological polar surface area (TPSA) is 30.8 Å². The molecule has 0 aliphatic carbocycles. The SMILES string of the molecule is CON=C(Cc1ccccc1)c1ccc(OC)cc1. The van der Waals surface area contributed by atoms with Gasteiger partial charge in [-0.3, -0.25) is 0 Å². The van der Waals surface area contributed by atoms with E-state index in [4.69, 9.17) is 9.57 Å². The summed E-state index contributed by atoms with van der Waals surface area (Å²) in [6.45, 7) is 0.